The number of hydrogen-bond acceptors (Lipinski definition) is 4. The molecule has 0 saturated heterocycles. The number of anilines is 3. The van der Waals surface area contributed by atoms with Gasteiger partial charge >= 0.3 is 0 Å². The summed E-state index contributed by atoms with van der Waals surface area (Å²) in [5.74, 6) is -1.72. The number of nitrogens with one attached hydrogen (secondary N) is 3. The van der Waals surface area contributed by atoms with Crippen molar-refractivity contribution in [2.45, 2.75) is 6.92 Å². The Morgan fingerprint density at radius 2 is 1.61 bits per heavy atom. The minimum Gasteiger partial charge on any atom is -0.324 e. The van der Waals surface area contributed by atoms with Gasteiger partial charge in [-0.3, -0.25) is 14.4 Å². The van der Waals surface area contributed by atoms with Crippen LogP contribution in [0.4, 0.5) is 21.5 Å². The van der Waals surface area contributed by atoms with E-state index in [9.17, 15) is 18.8 Å². The highest BCUT2D eigenvalue weighted by Crippen LogP contribution is 2.21. The van der Waals surface area contributed by atoms with Crippen LogP contribution in [-0.2, 0) is 4.79 Å². The summed E-state index contributed by atoms with van der Waals surface area (Å²) in [5.41, 5.74) is 1.09. The molecule has 1 heterocycles. The van der Waals surface area contributed by atoms with Crippen LogP contribution in [0.3, 0.4) is 0 Å². The number of benzene rings is 2. The number of halogens is 1. The summed E-state index contributed by atoms with van der Waals surface area (Å²) in [6.45, 7) is 1.26. The average Bonchev–Trinajstić information content (AvgIpc) is 3.19. The zero-order valence-corrected chi connectivity index (χ0v) is 15.6. The lowest BCUT2D eigenvalue weighted by Crippen LogP contribution is -2.14. The van der Waals surface area contributed by atoms with Crippen molar-refractivity contribution in [2.24, 2.45) is 0 Å². The fraction of sp³-hybridized carbons (Fsp3) is 0.0500. The molecule has 3 aromatic rings. The number of carbonyl (C=O) groups excluding carboxylic acids is 3. The Morgan fingerprint density at radius 1 is 0.857 bits per heavy atom. The maximum absolute atomic E-state index is 13.7. The van der Waals surface area contributed by atoms with Crippen LogP contribution >= 0.6 is 11.3 Å². The van der Waals surface area contributed by atoms with E-state index >= 15 is 0 Å². The number of thiophene rings is 1. The van der Waals surface area contributed by atoms with Gasteiger partial charge in [0, 0.05) is 23.9 Å². The van der Waals surface area contributed by atoms with Crippen molar-refractivity contribution < 1.29 is 18.8 Å². The van der Waals surface area contributed by atoms with Crippen LogP contribution in [0.15, 0.2) is 60.0 Å². The lowest BCUT2D eigenvalue weighted by Gasteiger charge is -2.10. The standard InChI is InChI=1S/C20H16FN3O3S/c1-12(25)22-17-11-15(7-8-16(17)21)23-19(26)13-4-2-5-14(10-13)24-20(27)18-6-3-9-28-18/h2-11H,1H3,(H,22,25)(H,23,26)(H,24,27). The van der Waals surface area contributed by atoms with Gasteiger partial charge in [0.2, 0.25) is 5.91 Å². The fourth-order valence-electron chi connectivity index (χ4n) is 2.43. The van der Waals surface area contributed by atoms with Crippen molar-refractivity contribution in [1.82, 2.24) is 0 Å². The first-order chi connectivity index (χ1) is 13.4. The van der Waals surface area contributed by atoms with E-state index in [2.05, 4.69) is 16.0 Å². The molecule has 8 heteroatoms. The third kappa shape index (κ3) is 4.80. The van der Waals surface area contributed by atoms with E-state index < -0.39 is 17.6 Å². The number of hydrogen-bond donors (Lipinski definition) is 3. The Hall–Kier alpha value is -3.52. The SMILES string of the molecule is CC(=O)Nc1cc(NC(=O)c2cccc(NC(=O)c3cccs3)c2)ccc1F. The Kier molecular flexibility index (Phi) is 5.81. The number of carbonyl (C=O) groups is 3. The van der Waals surface area contributed by atoms with Crippen LogP contribution in [0.1, 0.15) is 27.0 Å². The predicted molar refractivity (Wildman–Crippen MR) is 107 cm³/mol. The molecule has 28 heavy (non-hydrogen) atoms. The van der Waals surface area contributed by atoms with Crippen LogP contribution in [0, 0.1) is 5.82 Å². The first kappa shape index (κ1) is 19.2. The molecule has 142 valence electrons. The summed E-state index contributed by atoms with van der Waals surface area (Å²) in [5, 5.41) is 9.54. The second-order valence-electron chi connectivity index (χ2n) is 5.84. The van der Waals surface area contributed by atoms with Crippen molar-refractivity contribution in [3.8, 4) is 0 Å². The zero-order chi connectivity index (χ0) is 20.1. The van der Waals surface area contributed by atoms with E-state index in [1.807, 2.05) is 0 Å². The van der Waals surface area contributed by atoms with Gasteiger partial charge < -0.3 is 16.0 Å². The average molecular weight is 397 g/mol. The van der Waals surface area contributed by atoms with E-state index in [4.69, 9.17) is 0 Å². The maximum atomic E-state index is 13.7. The smallest absolute Gasteiger partial charge is 0.265 e. The molecule has 0 saturated carbocycles. The minimum atomic E-state index is -0.605. The summed E-state index contributed by atoms with van der Waals surface area (Å²) in [7, 11) is 0. The normalized spacial score (nSPS) is 10.2. The van der Waals surface area contributed by atoms with Gasteiger partial charge in [-0.1, -0.05) is 12.1 Å². The highest BCUT2D eigenvalue weighted by molar-refractivity contribution is 7.12. The van der Waals surface area contributed by atoms with E-state index in [-0.39, 0.29) is 11.6 Å². The van der Waals surface area contributed by atoms with Crippen molar-refractivity contribution >= 4 is 46.1 Å². The molecule has 1 aromatic heterocycles. The van der Waals surface area contributed by atoms with Crippen LogP contribution in [0.25, 0.3) is 0 Å². The molecule has 3 N–H and O–H groups in total. The van der Waals surface area contributed by atoms with Gasteiger partial charge in [0.1, 0.15) is 5.82 Å². The first-order valence-corrected chi connectivity index (χ1v) is 9.14. The summed E-state index contributed by atoms with van der Waals surface area (Å²) in [6.07, 6.45) is 0. The molecular weight excluding hydrogens is 381 g/mol. The van der Waals surface area contributed by atoms with Crippen LogP contribution < -0.4 is 16.0 Å². The third-order valence-corrected chi connectivity index (χ3v) is 4.53. The molecule has 3 rings (SSSR count). The fourth-order valence-corrected chi connectivity index (χ4v) is 3.05. The molecule has 2 aromatic carbocycles. The van der Waals surface area contributed by atoms with Gasteiger partial charge in [-0.2, -0.15) is 0 Å². The summed E-state index contributed by atoms with van der Waals surface area (Å²) in [6, 6.07) is 13.8. The topological polar surface area (TPSA) is 87.3 Å². The van der Waals surface area contributed by atoms with Gasteiger partial charge in [-0.15, -0.1) is 11.3 Å². The van der Waals surface area contributed by atoms with Gasteiger partial charge in [0.15, 0.2) is 0 Å². The second-order valence-corrected chi connectivity index (χ2v) is 6.79. The number of rotatable bonds is 5. The van der Waals surface area contributed by atoms with E-state index in [0.29, 0.717) is 21.8 Å². The molecule has 0 fully saturated rings. The van der Waals surface area contributed by atoms with E-state index in [1.54, 1.807) is 41.8 Å². The first-order valence-electron chi connectivity index (χ1n) is 8.26. The Morgan fingerprint density at radius 3 is 2.32 bits per heavy atom. The van der Waals surface area contributed by atoms with Crippen LogP contribution in [0.5, 0.6) is 0 Å². The number of amides is 3. The largest absolute Gasteiger partial charge is 0.324 e. The molecular formula is C20H16FN3O3S. The minimum absolute atomic E-state index is 0.0257. The predicted octanol–water partition coefficient (Wildman–Crippen LogP) is 4.35. The van der Waals surface area contributed by atoms with E-state index in [1.165, 1.54) is 30.4 Å². The molecule has 0 aliphatic rings. The monoisotopic (exact) mass is 397 g/mol. The molecule has 0 atom stereocenters. The highest BCUT2D eigenvalue weighted by Gasteiger charge is 2.12. The highest BCUT2D eigenvalue weighted by atomic mass is 32.1. The van der Waals surface area contributed by atoms with Gasteiger partial charge in [-0.05, 0) is 47.8 Å². The van der Waals surface area contributed by atoms with Crippen molar-refractivity contribution in [3.05, 3.63) is 76.2 Å². The summed E-state index contributed by atoms with van der Waals surface area (Å²) >= 11 is 1.32. The van der Waals surface area contributed by atoms with Gasteiger partial charge in [0.05, 0.1) is 10.6 Å². The Balaban J connectivity index is 1.73. The van der Waals surface area contributed by atoms with Gasteiger partial charge in [0.25, 0.3) is 11.8 Å². The Labute approximate surface area is 164 Å². The molecule has 3 amide bonds. The molecule has 0 aliphatic carbocycles. The van der Waals surface area contributed by atoms with Crippen molar-refractivity contribution in [1.29, 1.82) is 0 Å². The zero-order valence-electron chi connectivity index (χ0n) is 14.8. The van der Waals surface area contributed by atoms with Crippen molar-refractivity contribution in [2.75, 3.05) is 16.0 Å². The molecule has 0 aliphatic heterocycles. The van der Waals surface area contributed by atoms with Crippen molar-refractivity contribution in [3.63, 3.8) is 0 Å². The molecule has 0 spiro atoms. The Bertz CT molecular complexity index is 1030. The third-order valence-electron chi connectivity index (χ3n) is 3.66. The molecule has 0 bridgehead atoms. The van der Waals surface area contributed by atoms with Crippen LogP contribution in [0.2, 0.25) is 0 Å². The second kappa shape index (κ2) is 8.45. The lowest BCUT2D eigenvalue weighted by atomic mass is 10.1. The maximum Gasteiger partial charge on any atom is 0.265 e. The quantitative estimate of drug-likeness (QED) is 0.598. The van der Waals surface area contributed by atoms with Gasteiger partial charge in [-0.25, -0.2) is 4.39 Å². The molecule has 6 nitrogen and oxygen atoms in total. The molecule has 0 radical (unpaired) electrons. The lowest BCUT2D eigenvalue weighted by molar-refractivity contribution is -0.114. The van der Waals surface area contributed by atoms with Crippen LogP contribution in [-0.4, -0.2) is 17.7 Å². The summed E-state index contributed by atoms with van der Waals surface area (Å²) < 4.78 is 13.7. The molecule has 0 unspecified atom stereocenters. The van der Waals surface area contributed by atoms with E-state index in [0.717, 1.165) is 6.07 Å². The summed E-state index contributed by atoms with van der Waals surface area (Å²) in [4.78, 5) is 36.3.